The maximum atomic E-state index is 12.3. The first kappa shape index (κ1) is 19.5. The molecule has 3 rings (SSSR count). The number of anilines is 1. The lowest BCUT2D eigenvalue weighted by molar-refractivity contribution is -0.111. The number of phenols is 1. The number of nitrogens with one attached hydrogen (secondary N) is 1. The molecule has 7 nitrogen and oxygen atoms in total. The zero-order chi connectivity index (χ0) is 20.1. The molecule has 144 valence electrons. The van der Waals surface area contributed by atoms with Gasteiger partial charge in [0.15, 0.2) is 0 Å². The number of nitrogens with zero attached hydrogens (tertiary/aromatic N) is 2. The van der Waals surface area contributed by atoms with E-state index in [1.807, 2.05) is 0 Å². The molecule has 0 radical (unpaired) electrons. The van der Waals surface area contributed by atoms with Crippen LogP contribution in [0.25, 0.3) is 6.08 Å². The van der Waals surface area contributed by atoms with E-state index in [-0.39, 0.29) is 17.7 Å². The van der Waals surface area contributed by atoms with Crippen molar-refractivity contribution in [3.05, 3.63) is 51.9 Å². The average Bonchev–Trinajstić information content (AvgIpc) is 3.02. The smallest absolute Gasteiger partial charge is 0.410 e. The molecule has 1 aliphatic heterocycles. The van der Waals surface area contributed by atoms with E-state index in [9.17, 15) is 20.0 Å². The molecule has 0 saturated heterocycles. The van der Waals surface area contributed by atoms with Crippen molar-refractivity contribution < 1.29 is 19.4 Å². The van der Waals surface area contributed by atoms with Crippen molar-refractivity contribution in [2.45, 2.75) is 19.9 Å². The summed E-state index contributed by atoms with van der Waals surface area (Å²) in [6.45, 7) is 2.90. The molecule has 2 heterocycles. The van der Waals surface area contributed by atoms with Crippen LogP contribution in [-0.2, 0) is 22.5 Å². The zero-order valence-corrected chi connectivity index (χ0v) is 16.1. The van der Waals surface area contributed by atoms with Crippen molar-refractivity contribution in [2.75, 3.05) is 18.5 Å². The van der Waals surface area contributed by atoms with Crippen LogP contribution in [0, 0.1) is 11.3 Å². The molecule has 2 N–H and O–H groups in total. The Bertz CT molecular complexity index is 974. The number of nitriles is 1. The fourth-order valence-corrected chi connectivity index (χ4v) is 4.15. The molecule has 0 atom stereocenters. The molecule has 0 aliphatic carbocycles. The van der Waals surface area contributed by atoms with Crippen LogP contribution in [0.1, 0.15) is 28.5 Å². The van der Waals surface area contributed by atoms with Crippen molar-refractivity contribution >= 4 is 34.4 Å². The topological polar surface area (TPSA) is 103 Å². The molecule has 2 amide bonds. The number of thiophene rings is 1. The van der Waals surface area contributed by atoms with Crippen LogP contribution < -0.4 is 5.32 Å². The normalized spacial score (nSPS) is 13.1. The van der Waals surface area contributed by atoms with Gasteiger partial charge in [0.2, 0.25) is 5.91 Å². The predicted molar refractivity (Wildman–Crippen MR) is 106 cm³/mol. The van der Waals surface area contributed by atoms with Crippen LogP contribution in [0.4, 0.5) is 9.80 Å². The van der Waals surface area contributed by atoms with Gasteiger partial charge in [-0.3, -0.25) is 4.79 Å². The minimum absolute atomic E-state index is 0.117. The van der Waals surface area contributed by atoms with Crippen molar-refractivity contribution in [2.24, 2.45) is 0 Å². The molecule has 0 spiro atoms. The Morgan fingerprint density at radius 1 is 1.46 bits per heavy atom. The second kappa shape index (κ2) is 8.59. The molecule has 28 heavy (non-hydrogen) atoms. The van der Waals surface area contributed by atoms with E-state index < -0.39 is 0 Å². The second-order valence-electron chi connectivity index (χ2n) is 6.11. The van der Waals surface area contributed by atoms with Crippen LogP contribution in [0.2, 0.25) is 0 Å². The van der Waals surface area contributed by atoms with Crippen LogP contribution in [0.3, 0.4) is 0 Å². The van der Waals surface area contributed by atoms with E-state index in [1.54, 1.807) is 36.1 Å². The first-order chi connectivity index (χ1) is 13.5. The highest BCUT2D eigenvalue weighted by Crippen LogP contribution is 2.36. The summed E-state index contributed by atoms with van der Waals surface area (Å²) in [4.78, 5) is 26.7. The molecule has 2 aromatic rings. The first-order valence-electron chi connectivity index (χ1n) is 8.76. The van der Waals surface area contributed by atoms with Crippen molar-refractivity contribution in [1.82, 2.24) is 4.90 Å². The Kier molecular flexibility index (Phi) is 5.96. The van der Waals surface area contributed by atoms with Gasteiger partial charge in [-0.15, -0.1) is 11.3 Å². The third kappa shape index (κ3) is 4.32. The molecule has 1 aromatic carbocycles. The van der Waals surface area contributed by atoms with E-state index in [0.29, 0.717) is 42.2 Å². The number of carbonyl (C=O) groups is 2. The minimum atomic E-state index is -0.375. The monoisotopic (exact) mass is 397 g/mol. The van der Waals surface area contributed by atoms with Gasteiger partial charge < -0.3 is 20.1 Å². The minimum Gasteiger partial charge on any atom is -0.508 e. The van der Waals surface area contributed by atoms with Gasteiger partial charge in [-0.25, -0.2) is 4.79 Å². The number of phenolic OH excluding ortho intramolecular Hbond substituents is 1. The second-order valence-corrected chi connectivity index (χ2v) is 7.21. The van der Waals surface area contributed by atoms with Crippen LogP contribution in [0.5, 0.6) is 5.75 Å². The molecule has 1 aliphatic rings. The summed E-state index contributed by atoms with van der Waals surface area (Å²) in [5.41, 5.74) is 2.01. The van der Waals surface area contributed by atoms with Gasteiger partial charge in [0, 0.05) is 17.5 Å². The third-order valence-corrected chi connectivity index (χ3v) is 5.36. The molecule has 0 saturated carbocycles. The molecule has 1 aromatic heterocycles. The third-order valence-electron chi connectivity index (χ3n) is 4.23. The number of amides is 2. The summed E-state index contributed by atoms with van der Waals surface area (Å²) in [5.74, 6) is -0.257. The van der Waals surface area contributed by atoms with Crippen LogP contribution in [0.15, 0.2) is 30.3 Å². The van der Waals surface area contributed by atoms with E-state index in [0.717, 1.165) is 10.4 Å². The maximum absolute atomic E-state index is 12.3. The number of fused-ring (bicyclic) bond motifs is 1. The number of rotatable bonds is 4. The molecule has 0 unspecified atom stereocenters. The van der Waals surface area contributed by atoms with Gasteiger partial charge in [0.05, 0.1) is 18.7 Å². The van der Waals surface area contributed by atoms with Crippen molar-refractivity contribution in [3.63, 3.8) is 0 Å². The Labute approximate surface area is 166 Å². The van der Waals surface area contributed by atoms with Gasteiger partial charge in [-0.2, -0.15) is 5.26 Å². The number of carbonyl (C=O) groups excluding carboxylic acids is 2. The SMILES string of the molecule is CCOC(=O)N1CCc2c(sc(NC(=O)C=Cc3cccc(O)c3)c2C#N)C1. The Balaban J connectivity index is 1.74. The highest BCUT2D eigenvalue weighted by atomic mass is 32.1. The number of hydrogen-bond donors (Lipinski definition) is 2. The van der Waals surface area contributed by atoms with Gasteiger partial charge in [-0.1, -0.05) is 12.1 Å². The maximum Gasteiger partial charge on any atom is 0.410 e. The summed E-state index contributed by atoms with van der Waals surface area (Å²) >= 11 is 1.30. The van der Waals surface area contributed by atoms with E-state index in [2.05, 4.69) is 11.4 Å². The standard InChI is InChI=1S/C20H19N3O4S/c1-2-27-20(26)23-9-8-15-16(11-21)19(28-17(15)12-23)22-18(25)7-6-13-4-3-5-14(24)10-13/h3-7,10,24H,2,8-9,12H2,1H3,(H,22,25). The summed E-state index contributed by atoms with van der Waals surface area (Å²) in [6, 6.07) is 8.70. The van der Waals surface area contributed by atoms with E-state index in [1.165, 1.54) is 23.5 Å². The van der Waals surface area contributed by atoms with Gasteiger partial charge in [-0.05, 0) is 42.7 Å². The van der Waals surface area contributed by atoms with Crippen LogP contribution in [-0.4, -0.2) is 35.2 Å². The Morgan fingerprint density at radius 2 is 2.29 bits per heavy atom. The van der Waals surface area contributed by atoms with Gasteiger partial charge in [0.1, 0.15) is 16.8 Å². The lowest BCUT2D eigenvalue weighted by Crippen LogP contribution is -2.35. The van der Waals surface area contributed by atoms with Gasteiger partial charge in [0.25, 0.3) is 0 Å². The molecule has 8 heteroatoms. The average molecular weight is 397 g/mol. The lowest BCUT2D eigenvalue weighted by Gasteiger charge is -2.25. The number of benzene rings is 1. The lowest BCUT2D eigenvalue weighted by atomic mass is 10.0. The molecule has 0 bridgehead atoms. The number of ether oxygens (including phenoxy) is 1. The molecular weight excluding hydrogens is 378 g/mol. The quantitative estimate of drug-likeness (QED) is 0.769. The van der Waals surface area contributed by atoms with Crippen LogP contribution >= 0.6 is 11.3 Å². The number of hydrogen-bond acceptors (Lipinski definition) is 6. The molecule has 0 fully saturated rings. The van der Waals surface area contributed by atoms with Gasteiger partial charge >= 0.3 is 6.09 Å². The largest absolute Gasteiger partial charge is 0.508 e. The molecular formula is C20H19N3O4S. The highest BCUT2D eigenvalue weighted by Gasteiger charge is 2.27. The van der Waals surface area contributed by atoms with E-state index >= 15 is 0 Å². The number of aromatic hydroxyl groups is 1. The predicted octanol–water partition coefficient (Wildman–Crippen LogP) is 3.49. The zero-order valence-electron chi connectivity index (χ0n) is 15.3. The summed E-state index contributed by atoms with van der Waals surface area (Å²) in [7, 11) is 0. The highest BCUT2D eigenvalue weighted by molar-refractivity contribution is 7.16. The summed E-state index contributed by atoms with van der Waals surface area (Å²) in [6.07, 6.45) is 3.10. The first-order valence-corrected chi connectivity index (χ1v) is 9.58. The summed E-state index contributed by atoms with van der Waals surface area (Å²) in [5, 5.41) is 22.2. The summed E-state index contributed by atoms with van der Waals surface area (Å²) < 4.78 is 5.04. The Morgan fingerprint density at radius 3 is 3.00 bits per heavy atom. The van der Waals surface area contributed by atoms with Crippen molar-refractivity contribution in [1.29, 1.82) is 5.26 Å². The van der Waals surface area contributed by atoms with E-state index in [4.69, 9.17) is 4.74 Å². The Hall–Kier alpha value is -3.31. The van der Waals surface area contributed by atoms with Crippen molar-refractivity contribution in [3.8, 4) is 11.8 Å². The fraction of sp³-hybridized carbons (Fsp3) is 0.250. The fourth-order valence-electron chi connectivity index (χ4n) is 2.93.